The van der Waals surface area contributed by atoms with E-state index in [4.69, 9.17) is 4.42 Å². The van der Waals surface area contributed by atoms with Crippen molar-refractivity contribution in [1.82, 2.24) is 4.90 Å². The van der Waals surface area contributed by atoms with E-state index < -0.39 is 0 Å². The monoisotopic (exact) mass is 336 g/mol. The Bertz CT molecular complexity index is 896. The first kappa shape index (κ1) is 17.1. The Morgan fingerprint density at radius 1 is 1.04 bits per heavy atom. The Hall–Kier alpha value is -2.75. The van der Waals surface area contributed by atoms with Crippen molar-refractivity contribution in [2.45, 2.75) is 19.9 Å². The largest absolute Gasteiger partial charge is 0.461 e. The summed E-state index contributed by atoms with van der Waals surface area (Å²) in [6, 6.07) is 15.7. The van der Waals surface area contributed by atoms with Gasteiger partial charge < -0.3 is 14.2 Å². The Labute approximate surface area is 148 Å². The van der Waals surface area contributed by atoms with Gasteiger partial charge >= 0.3 is 0 Å². The first-order valence-corrected chi connectivity index (χ1v) is 8.53. The molecule has 0 aliphatic heterocycles. The van der Waals surface area contributed by atoms with Gasteiger partial charge in [-0.2, -0.15) is 0 Å². The molecule has 25 heavy (non-hydrogen) atoms. The van der Waals surface area contributed by atoms with E-state index in [2.05, 4.69) is 13.0 Å². The first-order valence-electron chi connectivity index (χ1n) is 8.53. The summed E-state index contributed by atoms with van der Waals surface area (Å²) >= 11 is 0. The molecule has 0 atom stereocenters. The number of hydrogen-bond donors (Lipinski definition) is 0. The van der Waals surface area contributed by atoms with Crippen LogP contribution in [0.4, 0.5) is 5.69 Å². The number of fused-ring (bicyclic) bond motifs is 1. The van der Waals surface area contributed by atoms with Crippen LogP contribution in [0.1, 0.15) is 28.6 Å². The van der Waals surface area contributed by atoms with Crippen LogP contribution in [0.2, 0.25) is 0 Å². The molecule has 130 valence electrons. The molecule has 0 aliphatic carbocycles. The van der Waals surface area contributed by atoms with Crippen molar-refractivity contribution in [3.05, 3.63) is 65.4 Å². The SMILES string of the molecule is CCc1oc2ccccc2c1CN(C)C(=O)c1cccc(N(C)C)c1. The van der Waals surface area contributed by atoms with E-state index in [0.29, 0.717) is 12.1 Å². The van der Waals surface area contributed by atoms with Crippen LogP contribution in [0.25, 0.3) is 11.0 Å². The number of amides is 1. The average molecular weight is 336 g/mol. The number of nitrogens with zero attached hydrogens (tertiary/aromatic N) is 2. The summed E-state index contributed by atoms with van der Waals surface area (Å²) in [5, 5.41) is 1.08. The van der Waals surface area contributed by atoms with Gasteiger partial charge in [-0.05, 0) is 24.3 Å². The molecule has 4 nitrogen and oxygen atoms in total. The van der Waals surface area contributed by atoms with Crippen molar-refractivity contribution in [1.29, 1.82) is 0 Å². The van der Waals surface area contributed by atoms with E-state index in [1.165, 1.54) is 0 Å². The predicted octanol–water partition coefficient (Wildman–Crippen LogP) is 4.33. The molecule has 1 amide bonds. The molecule has 0 N–H and O–H groups in total. The van der Waals surface area contributed by atoms with Crippen LogP contribution < -0.4 is 4.90 Å². The minimum atomic E-state index is 0.0102. The standard InChI is InChI=1S/C21H24N2O2/c1-5-19-18(17-11-6-7-12-20(17)25-19)14-23(4)21(24)15-9-8-10-16(13-15)22(2)3/h6-13H,5,14H2,1-4H3. The third-order valence-corrected chi connectivity index (χ3v) is 4.45. The second kappa shape index (κ2) is 7.01. The molecule has 0 unspecified atom stereocenters. The zero-order valence-corrected chi connectivity index (χ0v) is 15.2. The average Bonchev–Trinajstić information content (AvgIpc) is 2.99. The van der Waals surface area contributed by atoms with E-state index in [0.717, 1.165) is 34.4 Å². The molecule has 0 fully saturated rings. The summed E-state index contributed by atoms with van der Waals surface area (Å²) in [5.74, 6) is 0.957. The number of hydrogen-bond acceptors (Lipinski definition) is 3. The van der Waals surface area contributed by atoms with Crippen LogP contribution in [0.15, 0.2) is 52.9 Å². The molecule has 3 aromatic rings. The van der Waals surface area contributed by atoms with Gasteiger partial charge in [-0.25, -0.2) is 0 Å². The van der Waals surface area contributed by atoms with E-state index in [9.17, 15) is 4.79 Å². The van der Waals surface area contributed by atoms with Crippen LogP contribution in [0.5, 0.6) is 0 Å². The highest BCUT2D eigenvalue weighted by atomic mass is 16.3. The minimum absolute atomic E-state index is 0.0102. The topological polar surface area (TPSA) is 36.7 Å². The van der Waals surface area contributed by atoms with Gasteiger partial charge in [0.25, 0.3) is 5.91 Å². The van der Waals surface area contributed by atoms with Crippen molar-refractivity contribution in [2.24, 2.45) is 0 Å². The molecule has 0 spiro atoms. The smallest absolute Gasteiger partial charge is 0.253 e. The van der Waals surface area contributed by atoms with Crippen LogP contribution in [-0.2, 0) is 13.0 Å². The molecule has 0 saturated heterocycles. The van der Waals surface area contributed by atoms with Crippen LogP contribution >= 0.6 is 0 Å². The van der Waals surface area contributed by atoms with E-state index in [1.807, 2.05) is 68.5 Å². The lowest BCUT2D eigenvalue weighted by molar-refractivity contribution is 0.0785. The fourth-order valence-electron chi connectivity index (χ4n) is 3.05. The molecule has 3 rings (SSSR count). The fourth-order valence-corrected chi connectivity index (χ4v) is 3.05. The molecular weight excluding hydrogens is 312 g/mol. The number of anilines is 1. The number of carbonyl (C=O) groups excluding carboxylic acids is 1. The van der Waals surface area contributed by atoms with E-state index >= 15 is 0 Å². The highest BCUT2D eigenvalue weighted by Crippen LogP contribution is 2.27. The Morgan fingerprint density at radius 3 is 2.52 bits per heavy atom. The van der Waals surface area contributed by atoms with Crippen molar-refractivity contribution < 1.29 is 9.21 Å². The van der Waals surface area contributed by atoms with Gasteiger partial charge in [0.05, 0.1) is 0 Å². The van der Waals surface area contributed by atoms with Crippen molar-refractivity contribution >= 4 is 22.6 Å². The Morgan fingerprint density at radius 2 is 1.80 bits per heavy atom. The maximum Gasteiger partial charge on any atom is 0.253 e. The zero-order chi connectivity index (χ0) is 18.0. The molecule has 0 saturated carbocycles. The van der Waals surface area contributed by atoms with Crippen molar-refractivity contribution in [2.75, 3.05) is 26.0 Å². The Balaban J connectivity index is 1.88. The zero-order valence-electron chi connectivity index (χ0n) is 15.2. The fraction of sp³-hybridized carbons (Fsp3) is 0.286. The number of aryl methyl sites for hydroxylation is 1. The van der Waals surface area contributed by atoms with Crippen molar-refractivity contribution in [3.8, 4) is 0 Å². The predicted molar refractivity (Wildman–Crippen MR) is 102 cm³/mol. The number of rotatable bonds is 5. The Kier molecular flexibility index (Phi) is 4.79. The van der Waals surface area contributed by atoms with Gasteiger partial charge in [0.1, 0.15) is 11.3 Å². The number of benzene rings is 2. The summed E-state index contributed by atoms with van der Waals surface area (Å²) in [6.07, 6.45) is 0.808. The number of carbonyl (C=O) groups is 1. The van der Waals surface area contributed by atoms with Gasteiger partial charge in [-0.1, -0.05) is 31.2 Å². The van der Waals surface area contributed by atoms with Crippen molar-refractivity contribution in [3.63, 3.8) is 0 Å². The normalized spacial score (nSPS) is 10.9. The quantitative estimate of drug-likeness (QED) is 0.696. The highest BCUT2D eigenvalue weighted by Gasteiger charge is 2.18. The highest BCUT2D eigenvalue weighted by molar-refractivity contribution is 5.95. The van der Waals surface area contributed by atoms with Gasteiger partial charge in [0, 0.05) is 56.3 Å². The van der Waals surface area contributed by atoms with Gasteiger partial charge in [-0.3, -0.25) is 4.79 Å². The number of para-hydroxylation sites is 1. The van der Waals surface area contributed by atoms with Gasteiger partial charge in [0.15, 0.2) is 0 Å². The minimum Gasteiger partial charge on any atom is -0.461 e. The third-order valence-electron chi connectivity index (χ3n) is 4.45. The summed E-state index contributed by atoms with van der Waals surface area (Å²) < 4.78 is 5.94. The molecule has 0 aliphatic rings. The van der Waals surface area contributed by atoms with Gasteiger partial charge in [-0.15, -0.1) is 0 Å². The maximum absolute atomic E-state index is 12.9. The van der Waals surface area contributed by atoms with Crippen LogP contribution in [0, 0.1) is 0 Å². The summed E-state index contributed by atoms with van der Waals surface area (Å²) in [6.45, 7) is 2.61. The lowest BCUT2D eigenvalue weighted by Gasteiger charge is -2.19. The third kappa shape index (κ3) is 3.38. The summed E-state index contributed by atoms with van der Waals surface area (Å²) in [5.41, 5.74) is 3.68. The molecule has 0 bridgehead atoms. The molecular formula is C21H24N2O2. The second-order valence-electron chi connectivity index (χ2n) is 6.46. The first-order chi connectivity index (χ1) is 12.0. The molecule has 1 heterocycles. The summed E-state index contributed by atoms with van der Waals surface area (Å²) in [7, 11) is 5.78. The molecule has 1 aromatic heterocycles. The van der Waals surface area contributed by atoms with E-state index in [1.54, 1.807) is 4.90 Å². The summed E-state index contributed by atoms with van der Waals surface area (Å²) in [4.78, 5) is 16.6. The second-order valence-corrected chi connectivity index (χ2v) is 6.46. The van der Waals surface area contributed by atoms with Gasteiger partial charge in [0.2, 0.25) is 0 Å². The maximum atomic E-state index is 12.9. The van der Waals surface area contributed by atoms with E-state index in [-0.39, 0.29) is 5.91 Å². The number of furan rings is 1. The lowest BCUT2D eigenvalue weighted by Crippen LogP contribution is -2.26. The van der Waals surface area contributed by atoms with Crippen LogP contribution in [0.3, 0.4) is 0 Å². The molecule has 0 radical (unpaired) electrons. The molecule has 4 heteroatoms. The van der Waals surface area contributed by atoms with Crippen LogP contribution in [-0.4, -0.2) is 32.0 Å². The lowest BCUT2D eigenvalue weighted by atomic mass is 10.1. The molecule has 2 aromatic carbocycles.